The van der Waals surface area contributed by atoms with Gasteiger partial charge in [0, 0.05) is 0 Å². The second-order valence-corrected chi connectivity index (χ2v) is 2.71. The molecule has 44 valence electrons. The van der Waals surface area contributed by atoms with Gasteiger partial charge in [-0.3, -0.25) is 0 Å². The van der Waals surface area contributed by atoms with Gasteiger partial charge in [-0.2, -0.15) is 0 Å². The first-order valence-corrected chi connectivity index (χ1v) is 3.34. The Labute approximate surface area is 41.6 Å². The van der Waals surface area contributed by atoms with Crippen molar-refractivity contribution in [2.24, 2.45) is 0 Å². The maximum absolute atomic E-state index is 9.69. The molecule has 0 bridgehead atoms. The van der Waals surface area contributed by atoms with Crippen LogP contribution in [0.5, 0.6) is 0 Å². The Morgan fingerprint density at radius 2 is 2.00 bits per heavy atom. The maximum atomic E-state index is 9.69. The van der Waals surface area contributed by atoms with Crippen molar-refractivity contribution in [2.45, 2.75) is 0 Å². The highest BCUT2D eigenvalue weighted by molar-refractivity contribution is 7.92. The molecule has 0 aromatic rings. The number of carbonyl (C=O) groups is 1. The lowest BCUT2D eigenvalue weighted by Crippen LogP contribution is -2.13. The molecule has 0 saturated carbocycles. The van der Waals surface area contributed by atoms with Gasteiger partial charge in [0.15, 0.2) is 0 Å². The number of aldehydes is 1. The SMILES string of the molecule is O=CC[SH](=O)(O)O. The summed E-state index contributed by atoms with van der Waals surface area (Å²) >= 11 is 0. The van der Waals surface area contributed by atoms with E-state index in [0.717, 1.165) is 0 Å². The number of hydrogen-bond acceptors (Lipinski definition) is 2. The Balaban J connectivity index is 3.57. The van der Waals surface area contributed by atoms with E-state index < -0.39 is 16.2 Å². The molecule has 0 atom stereocenters. The van der Waals surface area contributed by atoms with Crippen molar-refractivity contribution in [3.63, 3.8) is 0 Å². The zero-order chi connectivity index (χ0) is 5.91. The Kier molecular flexibility index (Phi) is 2.07. The van der Waals surface area contributed by atoms with E-state index in [4.69, 9.17) is 9.11 Å². The van der Waals surface area contributed by atoms with E-state index in [0.29, 0.717) is 0 Å². The molecule has 0 aliphatic carbocycles. The molecule has 0 aliphatic rings. The number of hydrogen-bond donors (Lipinski definition) is 3. The van der Waals surface area contributed by atoms with Crippen LogP contribution in [0.2, 0.25) is 0 Å². The zero-order valence-electron chi connectivity index (χ0n) is 3.44. The maximum Gasteiger partial charge on any atom is 0.134 e. The molecule has 0 rings (SSSR count). The van der Waals surface area contributed by atoms with Crippen molar-refractivity contribution in [1.82, 2.24) is 0 Å². The Bertz CT molecular complexity index is 102. The zero-order valence-corrected chi connectivity index (χ0v) is 4.34. The summed E-state index contributed by atoms with van der Waals surface area (Å²) in [6, 6.07) is 0. The summed E-state index contributed by atoms with van der Waals surface area (Å²) in [5.41, 5.74) is 0. The average molecular weight is 126 g/mol. The monoisotopic (exact) mass is 126 g/mol. The van der Waals surface area contributed by atoms with Gasteiger partial charge in [-0.05, 0) is 0 Å². The third-order valence-corrected chi connectivity index (χ3v) is 0.937. The first-order chi connectivity index (χ1) is 3.06. The van der Waals surface area contributed by atoms with Gasteiger partial charge < -0.3 is 13.9 Å². The minimum absolute atomic E-state index is 0.195. The minimum atomic E-state index is -4.03. The normalized spacial score (nSPS) is 13.4. The van der Waals surface area contributed by atoms with Crippen LogP contribution >= 0.6 is 0 Å². The molecule has 5 heteroatoms. The van der Waals surface area contributed by atoms with E-state index >= 15 is 0 Å². The van der Waals surface area contributed by atoms with Gasteiger partial charge in [-0.1, -0.05) is 0 Å². The van der Waals surface area contributed by atoms with Crippen molar-refractivity contribution in [3.05, 3.63) is 0 Å². The summed E-state index contributed by atoms with van der Waals surface area (Å²) in [5.74, 6) is -0.674. The van der Waals surface area contributed by atoms with Crippen molar-refractivity contribution < 1.29 is 18.1 Å². The van der Waals surface area contributed by atoms with E-state index in [1.54, 1.807) is 0 Å². The lowest BCUT2D eigenvalue weighted by molar-refractivity contribution is -0.105. The average Bonchev–Trinajstić information content (AvgIpc) is 1.30. The number of rotatable bonds is 2. The van der Waals surface area contributed by atoms with Crippen LogP contribution in [-0.4, -0.2) is 25.4 Å². The van der Waals surface area contributed by atoms with Gasteiger partial charge in [0.25, 0.3) is 0 Å². The molecule has 7 heavy (non-hydrogen) atoms. The Morgan fingerprint density at radius 3 is 2.00 bits per heavy atom. The minimum Gasteiger partial charge on any atom is -0.309 e. The molecule has 0 aliphatic heterocycles. The lowest BCUT2D eigenvalue weighted by Gasteiger charge is -2.01. The van der Waals surface area contributed by atoms with Crippen LogP contribution in [0.15, 0.2) is 0 Å². The van der Waals surface area contributed by atoms with Crippen molar-refractivity contribution >= 4 is 16.8 Å². The third kappa shape index (κ3) is 5.74. The smallest absolute Gasteiger partial charge is 0.134 e. The molecule has 0 radical (unpaired) electrons. The quantitative estimate of drug-likeness (QED) is 0.333. The standard InChI is InChI=1S/C2H6O4S/c3-1-2-7(4,5)6/h1,7H,2H2,(H2,4,5,6). The second-order valence-electron chi connectivity index (χ2n) is 1.01. The van der Waals surface area contributed by atoms with Gasteiger partial charge in [-0.25, -0.2) is 4.21 Å². The fourth-order valence-corrected chi connectivity index (χ4v) is 0.291. The molecule has 0 fully saturated rings. The van der Waals surface area contributed by atoms with Crippen LogP contribution in [0, 0.1) is 0 Å². The molecular formula is C2H6O4S. The summed E-state index contributed by atoms with van der Waals surface area (Å²) < 4.78 is 25.5. The van der Waals surface area contributed by atoms with Gasteiger partial charge in [-0.15, -0.1) is 0 Å². The molecule has 0 saturated heterocycles. The predicted molar refractivity (Wildman–Crippen MR) is 25.7 cm³/mol. The van der Waals surface area contributed by atoms with E-state index in [1.165, 1.54) is 0 Å². The van der Waals surface area contributed by atoms with Crippen LogP contribution in [-0.2, 0) is 15.3 Å². The second kappa shape index (κ2) is 2.15. The molecule has 0 aromatic carbocycles. The van der Waals surface area contributed by atoms with E-state index in [-0.39, 0.29) is 6.29 Å². The van der Waals surface area contributed by atoms with Crippen LogP contribution in [0.4, 0.5) is 0 Å². The van der Waals surface area contributed by atoms with Gasteiger partial charge in [0.05, 0.1) is 16.2 Å². The van der Waals surface area contributed by atoms with Crippen molar-refractivity contribution in [2.75, 3.05) is 5.75 Å². The van der Waals surface area contributed by atoms with E-state index in [2.05, 4.69) is 0 Å². The highest BCUT2D eigenvalue weighted by Crippen LogP contribution is 1.84. The van der Waals surface area contributed by atoms with Crippen molar-refractivity contribution in [3.8, 4) is 0 Å². The number of carbonyl (C=O) groups excluding carboxylic acids is 1. The summed E-state index contributed by atoms with van der Waals surface area (Å²) in [4.78, 5) is 9.33. The fraction of sp³-hybridized carbons (Fsp3) is 0.500. The van der Waals surface area contributed by atoms with Gasteiger partial charge >= 0.3 is 0 Å². The first-order valence-electron chi connectivity index (χ1n) is 1.54. The molecule has 4 nitrogen and oxygen atoms in total. The molecule has 0 aromatic heterocycles. The Morgan fingerprint density at radius 1 is 1.57 bits per heavy atom. The highest BCUT2D eigenvalue weighted by Gasteiger charge is 1.98. The van der Waals surface area contributed by atoms with E-state index in [9.17, 15) is 9.00 Å². The van der Waals surface area contributed by atoms with Gasteiger partial charge in [0.2, 0.25) is 0 Å². The fourth-order valence-electron chi connectivity index (χ4n) is 0.0971. The summed E-state index contributed by atoms with van der Waals surface area (Å²) in [7, 11) is -4.03. The van der Waals surface area contributed by atoms with Crippen LogP contribution in [0.25, 0.3) is 0 Å². The van der Waals surface area contributed by atoms with Crippen LogP contribution in [0.1, 0.15) is 0 Å². The van der Waals surface area contributed by atoms with Crippen molar-refractivity contribution in [1.29, 1.82) is 0 Å². The third-order valence-electron chi connectivity index (χ3n) is 0.312. The highest BCUT2D eigenvalue weighted by atomic mass is 32.3. The first kappa shape index (κ1) is 6.74. The van der Waals surface area contributed by atoms with Gasteiger partial charge in [0.1, 0.15) is 6.29 Å². The molecular weight excluding hydrogens is 120 g/mol. The number of thiol groups is 1. The molecule has 0 spiro atoms. The van der Waals surface area contributed by atoms with Crippen LogP contribution in [0.3, 0.4) is 0 Å². The summed E-state index contributed by atoms with van der Waals surface area (Å²) in [5, 5.41) is 0. The molecule has 2 N–H and O–H groups in total. The summed E-state index contributed by atoms with van der Waals surface area (Å²) in [6.45, 7) is 0. The van der Waals surface area contributed by atoms with Crippen LogP contribution < -0.4 is 0 Å². The topological polar surface area (TPSA) is 74.6 Å². The van der Waals surface area contributed by atoms with E-state index in [1.807, 2.05) is 0 Å². The summed E-state index contributed by atoms with van der Waals surface area (Å²) in [6.07, 6.45) is 0.195. The Hall–Kier alpha value is -0.260. The lowest BCUT2D eigenvalue weighted by atomic mass is 10.9. The largest absolute Gasteiger partial charge is 0.309 e. The molecule has 0 unspecified atom stereocenters. The molecule has 0 heterocycles. The molecule has 0 amide bonds. The predicted octanol–water partition coefficient (Wildman–Crippen LogP) is -0.852.